The maximum Gasteiger partial charge on any atom is 0.336 e. The van der Waals surface area contributed by atoms with Gasteiger partial charge in [0.15, 0.2) is 0 Å². The number of carboxylic acids is 1. The maximum atomic E-state index is 12.7. The van der Waals surface area contributed by atoms with Gasteiger partial charge in [-0.25, -0.2) is 9.69 Å². The lowest BCUT2D eigenvalue weighted by Crippen LogP contribution is -2.29. The number of benzene rings is 3. The summed E-state index contributed by atoms with van der Waals surface area (Å²) >= 11 is 11.8. The third kappa shape index (κ3) is 3.76. The molecule has 0 unspecified atom stereocenters. The minimum Gasteiger partial charge on any atom is -0.478 e. The molecule has 3 amide bonds. The number of fused-ring (bicyclic) bond motifs is 1. The lowest BCUT2D eigenvalue weighted by atomic mass is 10.1. The Hall–Kier alpha value is -3.68. The Morgan fingerprint density at radius 3 is 2.23 bits per heavy atom. The molecule has 1 aliphatic rings. The molecule has 9 heteroatoms. The van der Waals surface area contributed by atoms with Crippen molar-refractivity contribution in [3.63, 3.8) is 0 Å². The molecule has 0 saturated heterocycles. The molecule has 154 valence electrons. The Morgan fingerprint density at radius 1 is 0.806 bits per heavy atom. The highest BCUT2D eigenvalue weighted by Gasteiger charge is 2.36. The van der Waals surface area contributed by atoms with E-state index >= 15 is 0 Å². The lowest BCUT2D eigenvalue weighted by Gasteiger charge is -2.15. The maximum absolute atomic E-state index is 12.7. The van der Waals surface area contributed by atoms with Crippen molar-refractivity contribution >= 4 is 58.3 Å². The van der Waals surface area contributed by atoms with E-state index in [1.54, 1.807) is 18.2 Å². The van der Waals surface area contributed by atoms with Crippen molar-refractivity contribution in [2.75, 3.05) is 10.2 Å². The Labute approximate surface area is 185 Å². The molecule has 3 aromatic rings. The summed E-state index contributed by atoms with van der Waals surface area (Å²) in [4.78, 5) is 50.5. The molecule has 7 nitrogen and oxygen atoms in total. The van der Waals surface area contributed by atoms with Crippen LogP contribution in [-0.4, -0.2) is 28.8 Å². The van der Waals surface area contributed by atoms with Crippen LogP contribution in [0.3, 0.4) is 0 Å². The number of carbonyl (C=O) groups excluding carboxylic acids is 3. The Bertz CT molecular complexity index is 1290. The first-order valence-electron chi connectivity index (χ1n) is 8.89. The van der Waals surface area contributed by atoms with Crippen LogP contribution in [0.1, 0.15) is 41.4 Å². The van der Waals surface area contributed by atoms with Gasteiger partial charge in [-0.3, -0.25) is 14.4 Å². The van der Waals surface area contributed by atoms with Gasteiger partial charge in [-0.05, 0) is 54.6 Å². The van der Waals surface area contributed by atoms with E-state index in [4.69, 9.17) is 23.2 Å². The second kappa shape index (κ2) is 7.86. The lowest BCUT2D eigenvalue weighted by molar-refractivity contribution is 0.0692. The molecular weight excluding hydrogens is 443 g/mol. The average Bonchev–Trinajstić information content (AvgIpc) is 2.97. The fourth-order valence-corrected chi connectivity index (χ4v) is 3.60. The first-order chi connectivity index (χ1) is 14.8. The van der Waals surface area contributed by atoms with Crippen LogP contribution in [0, 0.1) is 0 Å². The van der Waals surface area contributed by atoms with E-state index in [0.29, 0.717) is 5.02 Å². The molecule has 31 heavy (non-hydrogen) atoms. The van der Waals surface area contributed by atoms with Gasteiger partial charge in [0.25, 0.3) is 17.7 Å². The van der Waals surface area contributed by atoms with Crippen LogP contribution in [0.4, 0.5) is 11.4 Å². The highest BCUT2D eigenvalue weighted by molar-refractivity contribution is 6.37. The zero-order valence-electron chi connectivity index (χ0n) is 15.6. The zero-order valence-corrected chi connectivity index (χ0v) is 17.1. The molecule has 1 aliphatic heterocycles. The molecule has 0 saturated carbocycles. The number of imide groups is 1. The fourth-order valence-electron chi connectivity index (χ4n) is 3.26. The normalized spacial score (nSPS) is 12.6. The number of nitrogens with zero attached hydrogens (tertiary/aromatic N) is 1. The van der Waals surface area contributed by atoms with Crippen molar-refractivity contribution < 1.29 is 24.3 Å². The summed E-state index contributed by atoms with van der Waals surface area (Å²) in [7, 11) is 0. The van der Waals surface area contributed by atoms with Crippen LogP contribution in [-0.2, 0) is 0 Å². The Kier molecular flexibility index (Phi) is 5.22. The smallest absolute Gasteiger partial charge is 0.336 e. The van der Waals surface area contributed by atoms with E-state index in [2.05, 4.69) is 5.32 Å². The first-order valence-corrected chi connectivity index (χ1v) is 9.64. The van der Waals surface area contributed by atoms with Crippen molar-refractivity contribution in [3.8, 4) is 0 Å². The Balaban J connectivity index is 1.63. The van der Waals surface area contributed by atoms with Crippen LogP contribution < -0.4 is 10.2 Å². The quantitative estimate of drug-likeness (QED) is 0.553. The third-order valence-electron chi connectivity index (χ3n) is 4.67. The van der Waals surface area contributed by atoms with Gasteiger partial charge >= 0.3 is 5.97 Å². The van der Waals surface area contributed by atoms with Crippen LogP contribution >= 0.6 is 23.2 Å². The van der Waals surface area contributed by atoms with E-state index in [9.17, 15) is 24.3 Å². The average molecular weight is 455 g/mol. The molecule has 0 bridgehead atoms. The standard InChI is InChI=1S/C22H12Cl2N2O5/c23-11-5-7-16-17(8-11)21(29)26(20(16)28)14-3-1-2-13(10-14)25-19(27)15-6-4-12(24)9-18(15)22(30)31/h1-10H,(H,25,27)(H,30,31). The monoisotopic (exact) mass is 454 g/mol. The SMILES string of the molecule is O=C(O)c1cc(Cl)ccc1C(=O)Nc1cccc(N2C(=O)c3ccc(Cl)cc3C2=O)c1. The van der Waals surface area contributed by atoms with Crippen molar-refractivity contribution in [1.82, 2.24) is 0 Å². The minimum atomic E-state index is -1.30. The van der Waals surface area contributed by atoms with Crippen LogP contribution in [0.15, 0.2) is 60.7 Å². The number of aromatic carboxylic acids is 1. The number of carbonyl (C=O) groups is 4. The molecule has 3 aromatic carbocycles. The molecule has 0 spiro atoms. The number of amides is 3. The van der Waals surface area contributed by atoms with E-state index in [0.717, 1.165) is 4.90 Å². The number of hydrogen-bond donors (Lipinski definition) is 2. The molecule has 1 heterocycles. The molecule has 0 radical (unpaired) electrons. The van der Waals surface area contributed by atoms with Gasteiger partial charge in [0.2, 0.25) is 0 Å². The first kappa shape index (κ1) is 20.6. The molecule has 2 N–H and O–H groups in total. The third-order valence-corrected chi connectivity index (χ3v) is 5.14. The van der Waals surface area contributed by atoms with E-state index in [1.807, 2.05) is 0 Å². The molecule has 0 aliphatic carbocycles. The predicted molar refractivity (Wildman–Crippen MR) is 115 cm³/mol. The molecule has 0 atom stereocenters. The molecule has 0 fully saturated rings. The van der Waals surface area contributed by atoms with E-state index < -0.39 is 23.7 Å². The van der Waals surface area contributed by atoms with Crippen molar-refractivity contribution in [2.24, 2.45) is 0 Å². The van der Waals surface area contributed by atoms with Gasteiger partial charge in [0.05, 0.1) is 27.9 Å². The number of nitrogens with one attached hydrogen (secondary N) is 1. The van der Waals surface area contributed by atoms with E-state index in [-0.39, 0.29) is 38.7 Å². The van der Waals surface area contributed by atoms with Crippen LogP contribution in [0.25, 0.3) is 0 Å². The van der Waals surface area contributed by atoms with Gasteiger partial charge in [-0.15, -0.1) is 0 Å². The minimum absolute atomic E-state index is 0.0855. The summed E-state index contributed by atoms with van der Waals surface area (Å²) in [6, 6.07) is 14.4. The second-order valence-corrected chi connectivity index (χ2v) is 7.51. The van der Waals surface area contributed by atoms with Crippen molar-refractivity contribution in [2.45, 2.75) is 0 Å². The van der Waals surface area contributed by atoms with Gasteiger partial charge in [0.1, 0.15) is 0 Å². The van der Waals surface area contributed by atoms with Gasteiger partial charge in [-0.1, -0.05) is 29.3 Å². The number of rotatable bonds is 4. The summed E-state index contributed by atoms with van der Waals surface area (Å²) in [5, 5.41) is 12.4. The largest absolute Gasteiger partial charge is 0.478 e. The number of halogens is 2. The second-order valence-electron chi connectivity index (χ2n) is 6.64. The number of anilines is 2. The van der Waals surface area contributed by atoms with E-state index in [1.165, 1.54) is 42.5 Å². The summed E-state index contributed by atoms with van der Waals surface area (Å²) in [5.74, 6) is -3.02. The molecular formula is C22H12Cl2N2O5. The van der Waals surface area contributed by atoms with Crippen LogP contribution in [0.5, 0.6) is 0 Å². The fraction of sp³-hybridized carbons (Fsp3) is 0. The summed E-state index contributed by atoms with van der Waals surface area (Å²) in [6.07, 6.45) is 0. The van der Waals surface area contributed by atoms with Crippen molar-refractivity contribution in [1.29, 1.82) is 0 Å². The summed E-state index contributed by atoms with van der Waals surface area (Å²) in [6.45, 7) is 0. The highest BCUT2D eigenvalue weighted by Crippen LogP contribution is 2.31. The summed E-state index contributed by atoms with van der Waals surface area (Å²) in [5.41, 5.74) is 0.601. The van der Waals surface area contributed by atoms with Gasteiger partial charge in [0, 0.05) is 15.7 Å². The molecule has 0 aromatic heterocycles. The molecule has 4 rings (SSSR count). The van der Waals surface area contributed by atoms with Gasteiger partial charge < -0.3 is 10.4 Å². The highest BCUT2D eigenvalue weighted by atomic mass is 35.5. The number of carboxylic acid groups (broad SMARTS) is 1. The Morgan fingerprint density at radius 2 is 1.48 bits per heavy atom. The number of hydrogen-bond acceptors (Lipinski definition) is 4. The predicted octanol–water partition coefficient (Wildman–Crippen LogP) is 4.74. The van der Waals surface area contributed by atoms with Crippen molar-refractivity contribution in [3.05, 3.63) is 93.0 Å². The topological polar surface area (TPSA) is 104 Å². The summed E-state index contributed by atoms with van der Waals surface area (Å²) < 4.78 is 0. The zero-order chi connectivity index (χ0) is 22.3. The van der Waals surface area contributed by atoms with Crippen LogP contribution in [0.2, 0.25) is 10.0 Å². The van der Waals surface area contributed by atoms with Gasteiger partial charge in [-0.2, -0.15) is 0 Å².